The van der Waals surface area contributed by atoms with Crippen molar-refractivity contribution in [3.8, 4) is 5.75 Å². The van der Waals surface area contributed by atoms with Crippen molar-refractivity contribution in [2.75, 3.05) is 18.1 Å². The first-order valence-corrected chi connectivity index (χ1v) is 15.6. The van der Waals surface area contributed by atoms with Crippen LogP contribution in [0.2, 0.25) is 0 Å². The van der Waals surface area contributed by atoms with Gasteiger partial charge in [0.25, 0.3) is 0 Å². The van der Waals surface area contributed by atoms with Crippen LogP contribution >= 0.6 is 7.82 Å². The second-order valence-corrected chi connectivity index (χ2v) is 12.1. The number of halogens is 3. The summed E-state index contributed by atoms with van der Waals surface area (Å²) in [6, 6.07) is 5.90. The predicted octanol–water partition coefficient (Wildman–Crippen LogP) is 6.50. The molecule has 1 aromatic rings. The molecule has 0 saturated carbocycles. The molecule has 0 saturated heterocycles. The molecule has 0 fully saturated rings. The largest absolute Gasteiger partial charge is 0.524 e. The number of benzene rings is 1. The van der Waals surface area contributed by atoms with Crippen LogP contribution in [0, 0.1) is 0 Å². The Morgan fingerprint density at radius 3 is 1.94 bits per heavy atom. The molecule has 0 aliphatic rings. The molecule has 12 heteroatoms. The average molecular weight is 559 g/mol. The summed E-state index contributed by atoms with van der Waals surface area (Å²) < 4.78 is 82.8. The molecule has 1 rings (SSSR count). The van der Waals surface area contributed by atoms with Gasteiger partial charge in [-0.2, -0.15) is 13.2 Å². The van der Waals surface area contributed by atoms with Crippen LogP contribution in [-0.2, 0) is 25.3 Å². The van der Waals surface area contributed by atoms with Gasteiger partial charge in [-0.3, -0.25) is 9.79 Å². The maximum absolute atomic E-state index is 12.8. The summed E-state index contributed by atoms with van der Waals surface area (Å²) in [5.41, 5.74) is 0.409. The lowest BCUT2D eigenvalue weighted by molar-refractivity contribution is -0.119. The third kappa shape index (κ3) is 16.2. The molecule has 0 amide bonds. The number of phosphoric ester groups is 1. The van der Waals surface area contributed by atoms with E-state index in [0.717, 1.165) is 19.3 Å². The van der Waals surface area contributed by atoms with E-state index in [2.05, 4.69) is 11.4 Å². The number of sulfone groups is 1. The van der Waals surface area contributed by atoms with Gasteiger partial charge in [-0.25, -0.2) is 13.0 Å². The number of ether oxygens (including phenoxy) is 1. The third-order valence-corrected chi connectivity index (χ3v) is 7.55. The molecule has 0 aliphatic heterocycles. The summed E-state index contributed by atoms with van der Waals surface area (Å²) in [6.45, 7) is 2.16. The molecule has 1 aromatic carbocycles. The van der Waals surface area contributed by atoms with Crippen LogP contribution in [-0.4, -0.2) is 42.5 Å². The van der Waals surface area contributed by atoms with E-state index in [1.165, 1.54) is 62.8 Å². The minimum absolute atomic E-state index is 0.0340. The monoisotopic (exact) mass is 558 g/mol. The summed E-state index contributed by atoms with van der Waals surface area (Å²) in [5, 5.41) is 0. The lowest BCUT2D eigenvalue weighted by Gasteiger charge is -2.13. The van der Waals surface area contributed by atoms with E-state index < -0.39 is 29.6 Å². The van der Waals surface area contributed by atoms with Gasteiger partial charge in [-0.15, -0.1) is 0 Å². The van der Waals surface area contributed by atoms with E-state index >= 15 is 0 Å². The van der Waals surface area contributed by atoms with Gasteiger partial charge in [0.05, 0.1) is 11.5 Å². The molecule has 36 heavy (non-hydrogen) atoms. The second kappa shape index (κ2) is 16.3. The maximum atomic E-state index is 12.8. The quantitative estimate of drug-likeness (QED) is 0.113. The number of phosphoric acid groups is 1. The van der Waals surface area contributed by atoms with Crippen molar-refractivity contribution in [1.82, 2.24) is 0 Å². The zero-order chi connectivity index (χ0) is 27.1. The molecule has 0 unspecified atom stereocenters. The molecule has 0 radical (unpaired) electrons. The number of unbranched alkanes of at least 4 members (excludes halogenated alkanes) is 9. The minimum Gasteiger partial charge on any atom is -0.493 e. The van der Waals surface area contributed by atoms with Gasteiger partial charge in [0.2, 0.25) is 5.76 Å². The van der Waals surface area contributed by atoms with Gasteiger partial charge in [0.1, 0.15) is 12.4 Å². The molecule has 0 bridgehead atoms. The fourth-order valence-corrected chi connectivity index (χ4v) is 5.08. The Labute approximate surface area is 212 Å². The smallest absolute Gasteiger partial charge is 0.493 e. The SMILES string of the molecule is CCCCCCCCCCCCS(=O)(=O)CCOc1ccc(C/C=C(\OP(=O)(O)O)C(F)(F)F)cc1. The zero-order valence-electron chi connectivity index (χ0n) is 20.7. The highest BCUT2D eigenvalue weighted by Crippen LogP contribution is 2.43. The summed E-state index contributed by atoms with van der Waals surface area (Å²) in [4.78, 5) is 17.3. The molecule has 0 heterocycles. The molecular formula is C24H38F3O7PS. The standard InChI is InChI=1S/C24H38F3O7PS/c1-2-3-4-5-6-7-8-9-10-11-19-36(31,32)20-18-33-22-15-12-21(13-16-22)14-17-23(24(25,26)27)34-35(28,29)30/h12-13,15-17H,2-11,14,18-20H2,1H3,(H2,28,29,30)/b23-17-. The first-order valence-electron chi connectivity index (χ1n) is 12.3. The van der Waals surface area contributed by atoms with Crippen LogP contribution in [0.4, 0.5) is 13.2 Å². The number of allylic oxidation sites excluding steroid dienone is 2. The Balaban J connectivity index is 2.33. The molecule has 0 aliphatic carbocycles. The van der Waals surface area contributed by atoms with Crippen molar-refractivity contribution >= 4 is 17.7 Å². The van der Waals surface area contributed by atoms with Gasteiger partial charge in [-0.05, 0) is 36.6 Å². The van der Waals surface area contributed by atoms with Crippen molar-refractivity contribution in [1.29, 1.82) is 0 Å². The van der Waals surface area contributed by atoms with Gasteiger partial charge in [0, 0.05) is 0 Å². The Kier molecular flexibility index (Phi) is 14.7. The van der Waals surface area contributed by atoms with Crippen LogP contribution in [0.1, 0.15) is 76.7 Å². The number of alkyl halides is 3. The van der Waals surface area contributed by atoms with E-state index in [4.69, 9.17) is 14.5 Å². The van der Waals surface area contributed by atoms with Crippen molar-refractivity contribution in [3.63, 3.8) is 0 Å². The van der Waals surface area contributed by atoms with Crippen molar-refractivity contribution in [2.24, 2.45) is 0 Å². The van der Waals surface area contributed by atoms with E-state index in [0.29, 0.717) is 23.8 Å². The fourth-order valence-electron chi connectivity index (χ4n) is 3.46. The van der Waals surface area contributed by atoms with Gasteiger partial charge < -0.3 is 9.26 Å². The van der Waals surface area contributed by atoms with E-state index in [9.17, 15) is 26.2 Å². The highest BCUT2D eigenvalue weighted by atomic mass is 32.2. The molecule has 7 nitrogen and oxygen atoms in total. The molecular weight excluding hydrogens is 520 g/mol. The van der Waals surface area contributed by atoms with Crippen molar-refractivity contribution < 1.29 is 45.2 Å². The Morgan fingerprint density at radius 1 is 0.917 bits per heavy atom. The molecule has 0 aromatic heterocycles. The Hall–Kier alpha value is -1.55. The average Bonchev–Trinajstić information content (AvgIpc) is 2.77. The number of hydrogen-bond donors (Lipinski definition) is 2. The van der Waals surface area contributed by atoms with Crippen LogP contribution in [0.15, 0.2) is 36.1 Å². The molecule has 2 N–H and O–H groups in total. The van der Waals surface area contributed by atoms with Crippen molar-refractivity contribution in [2.45, 2.75) is 83.7 Å². The lowest BCUT2D eigenvalue weighted by atomic mass is 10.1. The molecule has 0 spiro atoms. The predicted molar refractivity (Wildman–Crippen MR) is 133 cm³/mol. The zero-order valence-corrected chi connectivity index (χ0v) is 22.4. The topological polar surface area (TPSA) is 110 Å². The number of rotatable bonds is 19. The fraction of sp³-hybridized carbons (Fsp3) is 0.667. The van der Waals surface area contributed by atoms with E-state index in [-0.39, 0.29) is 24.5 Å². The van der Waals surface area contributed by atoms with Gasteiger partial charge in [-0.1, -0.05) is 76.8 Å². The number of hydrogen-bond acceptors (Lipinski definition) is 5. The maximum Gasteiger partial charge on any atom is 0.524 e. The minimum atomic E-state index is -5.35. The summed E-state index contributed by atoms with van der Waals surface area (Å²) in [5.74, 6) is -1.41. The van der Waals surface area contributed by atoms with Gasteiger partial charge in [0.15, 0.2) is 9.84 Å². The first-order chi connectivity index (χ1) is 16.8. The van der Waals surface area contributed by atoms with Crippen LogP contribution < -0.4 is 4.74 Å². The van der Waals surface area contributed by atoms with E-state index in [1.807, 2.05) is 0 Å². The van der Waals surface area contributed by atoms with Crippen LogP contribution in [0.25, 0.3) is 0 Å². The Morgan fingerprint density at radius 2 is 1.44 bits per heavy atom. The summed E-state index contributed by atoms with van der Waals surface area (Å²) in [6.07, 6.45) is 6.42. The highest BCUT2D eigenvalue weighted by molar-refractivity contribution is 7.91. The van der Waals surface area contributed by atoms with Crippen LogP contribution in [0.5, 0.6) is 5.75 Å². The molecule has 0 atom stereocenters. The van der Waals surface area contributed by atoms with Gasteiger partial charge >= 0.3 is 14.0 Å². The second-order valence-electron chi connectivity index (χ2n) is 8.68. The van der Waals surface area contributed by atoms with Crippen LogP contribution in [0.3, 0.4) is 0 Å². The summed E-state index contributed by atoms with van der Waals surface area (Å²) in [7, 11) is -8.58. The van der Waals surface area contributed by atoms with Crippen molar-refractivity contribution in [3.05, 3.63) is 41.7 Å². The highest BCUT2D eigenvalue weighted by Gasteiger charge is 2.39. The first kappa shape index (κ1) is 32.5. The lowest BCUT2D eigenvalue weighted by Crippen LogP contribution is -2.17. The third-order valence-electron chi connectivity index (χ3n) is 5.42. The Bertz CT molecular complexity index is 926. The summed E-state index contributed by atoms with van der Waals surface area (Å²) >= 11 is 0. The van der Waals surface area contributed by atoms with E-state index in [1.54, 1.807) is 0 Å². The normalized spacial score (nSPS) is 13.1. The molecule has 208 valence electrons.